The van der Waals surface area contributed by atoms with Gasteiger partial charge < -0.3 is 4.79 Å². The van der Waals surface area contributed by atoms with Crippen molar-refractivity contribution in [1.29, 1.82) is 0 Å². The van der Waals surface area contributed by atoms with Crippen molar-refractivity contribution in [3.05, 3.63) is 34.9 Å². The van der Waals surface area contributed by atoms with E-state index >= 15 is 0 Å². The largest absolute Gasteiger partial charge is 0.303 e. The zero-order chi connectivity index (χ0) is 8.81. The minimum Gasteiger partial charge on any atom is -0.303 e. The highest BCUT2D eigenvalue weighted by Gasteiger charge is 1.93. The molecule has 1 aromatic rings. The van der Waals surface area contributed by atoms with E-state index < -0.39 is 0 Å². The molecule has 0 aliphatic heterocycles. The molecule has 0 aliphatic carbocycles. The maximum Gasteiger partial charge on any atom is 0.120 e. The number of benzene rings is 1. The molecule has 0 N–H and O–H groups in total. The van der Waals surface area contributed by atoms with E-state index in [2.05, 4.69) is 0 Å². The van der Waals surface area contributed by atoms with Crippen LogP contribution in [0.1, 0.15) is 18.4 Å². The summed E-state index contributed by atoms with van der Waals surface area (Å²) in [5.74, 6) is 0. The molecule has 0 saturated carbocycles. The number of hydrogen-bond donors (Lipinski definition) is 0. The number of rotatable bonds is 4. The normalized spacial score (nSPS) is 9.75. The van der Waals surface area contributed by atoms with Crippen molar-refractivity contribution in [2.75, 3.05) is 0 Å². The lowest BCUT2D eigenvalue weighted by Crippen LogP contribution is -1.85. The van der Waals surface area contributed by atoms with Crippen LogP contribution < -0.4 is 0 Å². The number of hydrogen-bond acceptors (Lipinski definition) is 1. The maximum absolute atomic E-state index is 10.0. The fourth-order valence-electron chi connectivity index (χ4n) is 1.08. The number of halogens is 1. The van der Waals surface area contributed by atoms with Crippen LogP contribution in [-0.4, -0.2) is 6.29 Å². The standard InChI is InChI=1S/C10H11ClO/c11-10-6-3-5-9(8-10)4-1-2-7-12/h3,5-8H,1-2,4H2. The number of unbranched alkanes of at least 4 members (excludes halogenated alkanes) is 1. The Morgan fingerprint density at radius 1 is 1.42 bits per heavy atom. The molecule has 0 aromatic heterocycles. The van der Waals surface area contributed by atoms with Crippen LogP contribution in [0.3, 0.4) is 0 Å². The van der Waals surface area contributed by atoms with Gasteiger partial charge in [0.05, 0.1) is 0 Å². The lowest BCUT2D eigenvalue weighted by Gasteiger charge is -1.98. The zero-order valence-electron chi connectivity index (χ0n) is 6.79. The van der Waals surface area contributed by atoms with E-state index in [9.17, 15) is 4.79 Å². The molecule has 0 fully saturated rings. The Morgan fingerprint density at radius 3 is 2.92 bits per heavy atom. The van der Waals surface area contributed by atoms with Crippen molar-refractivity contribution in [2.24, 2.45) is 0 Å². The molecular weight excluding hydrogens is 172 g/mol. The van der Waals surface area contributed by atoms with Gasteiger partial charge in [-0.05, 0) is 30.5 Å². The zero-order valence-corrected chi connectivity index (χ0v) is 7.55. The average Bonchev–Trinajstić information content (AvgIpc) is 2.05. The van der Waals surface area contributed by atoms with Gasteiger partial charge in [0.2, 0.25) is 0 Å². The molecule has 0 saturated heterocycles. The van der Waals surface area contributed by atoms with Gasteiger partial charge in [-0.1, -0.05) is 23.7 Å². The van der Waals surface area contributed by atoms with Crippen molar-refractivity contribution in [3.8, 4) is 0 Å². The van der Waals surface area contributed by atoms with Crippen LogP contribution in [0.25, 0.3) is 0 Å². The molecule has 0 radical (unpaired) electrons. The second-order valence-electron chi connectivity index (χ2n) is 2.69. The summed E-state index contributed by atoms with van der Waals surface area (Å²) < 4.78 is 0. The third-order valence-electron chi connectivity index (χ3n) is 1.68. The van der Waals surface area contributed by atoms with E-state index in [0.717, 1.165) is 24.2 Å². The van der Waals surface area contributed by atoms with Gasteiger partial charge in [0, 0.05) is 11.4 Å². The monoisotopic (exact) mass is 182 g/mol. The minimum atomic E-state index is 0.631. The van der Waals surface area contributed by atoms with Crippen LogP contribution in [0, 0.1) is 0 Å². The van der Waals surface area contributed by atoms with Gasteiger partial charge in [0.25, 0.3) is 0 Å². The van der Waals surface area contributed by atoms with Gasteiger partial charge in [-0.15, -0.1) is 0 Å². The quantitative estimate of drug-likeness (QED) is 0.517. The van der Waals surface area contributed by atoms with Gasteiger partial charge in [-0.3, -0.25) is 0 Å². The molecular formula is C10H11ClO. The van der Waals surface area contributed by atoms with Crippen LogP contribution in [-0.2, 0) is 11.2 Å². The Balaban J connectivity index is 2.46. The topological polar surface area (TPSA) is 17.1 Å². The molecule has 2 heteroatoms. The predicted octanol–water partition coefficient (Wildman–Crippen LogP) is 2.86. The first kappa shape index (κ1) is 9.27. The van der Waals surface area contributed by atoms with Gasteiger partial charge in [0.1, 0.15) is 6.29 Å². The number of carbonyl (C=O) groups excluding carboxylic acids is 1. The SMILES string of the molecule is O=CCCCc1cccc(Cl)c1. The molecule has 12 heavy (non-hydrogen) atoms. The summed E-state index contributed by atoms with van der Waals surface area (Å²) in [6.07, 6.45) is 3.42. The number of aryl methyl sites for hydroxylation is 1. The molecule has 1 rings (SSSR count). The van der Waals surface area contributed by atoms with E-state index in [0.29, 0.717) is 6.42 Å². The van der Waals surface area contributed by atoms with E-state index in [1.54, 1.807) is 0 Å². The van der Waals surface area contributed by atoms with Gasteiger partial charge in [-0.2, -0.15) is 0 Å². The van der Waals surface area contributed by atoms with E-state index in [-0.39, 0.29) is 0 Å². The first-order valence-corrected chi connectivity index (χ1v) is 4.39. The summed E-state index contributed by atoms with van der Waals surface area (Å²) >= 11 is 5.79. The smallest absolute Gasteiger partial charge is 0.120 e. The summed E-state index contributed by atoms with van der Waals surface area (Å²) in [6.45, 7) is 0. The van der Waals surface area contributed by atoms with E-state index in [4.69, 9.17) is 11.6 Å². The average molecular weight is 183 g/mol. The van der Waals surface area contributed by atoms with Crippen LogP contribution in [0.5, 0.6) is 0 Å². The number of aldehydes is 1. The Morgan fingerprint density at radius 2 is 2.25 bits per heavy atom. The fourth-order valence-corrected chi connectivity index (χ4v) is 1.29. The third-order valence-corrected chi connectivity index (χ3v) is 1.91. The van der Waals surface area contributed by atoms with Crippen molar-refractivity contribution in [1.82, 2.24) is 0 Å². The molecule has 0 bridgehead atoms. The fraction of sp³-hybridized carbons (Fsp3) is 0.300. The minimum absolute atomic E-state index is 0.631. The van der Waals surface area contributed by atoms with E-state index in [1.807, 2.05) is 24.3 Å². The highest BCUT2D eigenvalue weighted by Crippen LogP contribution is 2.12. The van der Waals surface area contributed by atoms with Crippen LogP contribution in [0.2, 0.25) is 5.02 Å². The maximum atomic E-state index is 10.0. The summed E-state index contributed by atoms with van der Waals surface area (Å²) in [5.41, 5.74) is 1.20. The summed E-state index contributed by atoms with van der Waals surface area (Å²) in [5, 5.41) is 0.763. The van der Waals surface area contributed by atoms with Crippen molar-refractivity contribution >= 4 is 17.9 Å². The van der Waals surface area contributed by atoms with Crippen LogP contribution in [0.15, 0.2) is 24.3 Å². The van der Waals surface area contributed by atoms with Gasteiger partial charge in [0.15, 0.2) is 0 Å². The molecule has 0 heterocycles. The lowest BCUT2D eigenvalue weighted by molar-refractivity contribution is -0.107. The molecule has 1 aromatic carbocycles. The molecule has 0 aliphatic rings. The molecule has 64 valence electrons. The van der Waals surface area contributed by atoms with Crippen molar-refractivity contribution in [3.63, 3.8) is 0 Å². The van der Waals surface area contributed by atoms with Crippen LogP contribution in [0.4, 0.5) is 0 Å². The third kappa shape index (κ3) is 3.05. The highest BCUT2D eigenvalue weighted by atomic mass is 35.5. The van der Waals surface area contributed by atoms with Crippen molar-refractivity contribution < 1.29 is 4.79 Å². The Labute approximate surface area is 77.4 Å². The van der Waals surface area contributed by atoms with Gasteiger partial charge >= 0.3 is 0 Å². The number of carbonyl (C=O) groups is 1. The lowest BCUT2D eigenvalue weighted by atomic mass is 10.1. The molecule has 0 atom stereocenters. The molecule has 1 nitrogen and oxygen atoms in total. The Kier molecular flexibility index (Phi) is 3.81. The predicted molar refractivity (Wildman–Crippen MR) is 50.5 cm³/mol. The van der Waals surface area contributed by atoms with Gasteiger partial charge in [-0.25, -0.2) is 0 Å². The Bertz CT molecular complexity index is 258. The summed E-state index contributed by atoms with van der Waals surface area (Å²) in [4.78, 5) is 10.0. The summed E-state index contributed by atoms with van der Waals surface area (Å²) in [7, 11) is 0. The second-order valence-corrected chi connectivity index (χ2v) is 3.13. The first-order chi connectivity index (χ1) is 5.83. The summed E-state index contributed by atoms with van der Waals surface area (Å²) in [6, 6.07) is 7.74. The molecule has 0 unspecified atom stereocenters. The highest BCUT2D eigenvalue weighted by molar-refractivity contribution is 6.30. The first-order valence-electron chi connectivity index (χ1n) is 4.01. The van der Waals surface area contributed by atoms with E-state index in [1.165, 1.54) is 5.56 Å². The van der Waals surface area contributed by atoms with Crippen LogP contribution >= 0.6 is 11.6 Å². The van der Waals surface area contributed by atoms with Crippen molar-refractivity contribution in [2.45, 2.75) is 19.3 Å². The second kappa shape index (κ2) is 4.94. The Hall–Kier alpha value is -0.820. The molecule has 0 spiro atoms. The molecule has 0 amide bonds.